The number of ether oxygens (including phenoxy) is 1. The maximum atomic E-state index is 13.0. The summed E-state index contributed by atoms with van der Waals surface area (Å²) in [6.45, 7) is 3.41. The summed E-state index contributed by atoms with van der Waals surface area (Å²) in [5, 5.41) is 6.70. The molecular formula is C21H23ClN4O2. The van der Waals surface area contributed by atoms with Crippen molar-refractivity contribution in [2.75, 3.05) is 20.2 Å². The first-order chi connectivity index (χ1) is 13.5. The van der Waals surface area contributed by atoms with Gasteiger partial charge in [-0.2, -0.15) is 5.10 Å². The average molecular weight is 399 g/mol. The Kier molecular flexibility index (Phi) is 4.98. The van der Waals surface area contributed by atoms with Crippen LogP contribution in [0.25, 0.3) is 10.8 Å². The molecule has 0 radical (unpaired) electrons. The Hall–Kier alpha value is -2.60. The van der Waals surface area contributed by atoms with Gasteiger partial charge in [-0.05, 0) is 48.9 Å². The van der Waals surface area contributed by atoms with Gasteiger partial charge in [0.05, 0.1) is 18.3 Å². The third kappa shape index (κ3) is 3.22. The molecule has 4 rings (SSSR count). The lowest BCUT2D eigenvalue weighted by Gasteiger charge is -2.32. The van der Waals surface area contributed by atoms with E-state index in [2.05, 4.69) is 18.1 Å². The van der Waals surface area contributed by atoms with Crippen molar-refractivity contribution >= 4 is 28.3 Å². The van der Waals surface area contributed by atoms with E-state index in [-0.39, 0.29) is 11.8 Å². The molecule has 0 spiro atoms. The highest BCUT2D eigenvalue weighted by Crippen LogP contribution is 2.32. The molecule has 0 aliphatic carbocycles. The van der Waals surface area contributed by atoms with Crippen LogP contribution in [0, 0.1) is 6.92 Å². The maximum Gasteiger partial charge on any atom is 0.273 e. The van der Waals surface area contributed by atoms with Crippen molar-refractivity contribution in [1.29, 1.82) is 0 Å². The number of hydrogen-bond acceptors (Lipinski definition) is 4. The van der Waals surface area contributed by atoms with E-state index in [1.165, 1.54) is 10.9 Å². The predicted octanol–water partition coefficient (Wildman–Crippen LogP) is 3.96. The summed E-state index contributed by atoms with van der Waals surface area (Å²) in [7, 11) is 3.42. The number of halogens is 1. The Morgan fingerprint density at radius 1 is 1.32 bits per heavy atom. The van der Waals surface area contributed by atoms with Crippen LogP contribution in [0.2, 0.25) is 5.02 Å². The number of amides is 1. The van der Waals surface area contributed by atoms with Gasteiger partial charge in [-0.3, -0.25) is 14.5 Å². The van der Waals surface area contributed by atoms with Crippen LogP contribution < -0.4 is 4.74 Å². The molecule has 6 nitrogen and oxygen atoms in total. The van der Waals surface area contributed by atoms with Gasteiger partial charge in [-0.25, -0.2) is 0 Å². The second-order valence-electron chi connectivity index (χ2n) is 7.28. The fourth-order valence-electron chi connectivity index (χ4n) is 4.01. The molecule has 1 aromatic carbocycles. The van der Waals surface area contributed by atoms with Crippen LogP contribution in [-0.2, 0) is 7.05 Å². The van der Waals surface area contributed by atoms with Crippen molar-refractivity contribution in [3.05, 3.63) is 52.6 Å². The average Bonchev–Trinajstić information content (AvgIpc) is 3.06. The lowest BCUT2D eigenvalue weighted by Crippen LogP contribution is -2.40. The lowest BCUT2D eigenvalue weighted by atomic mass is 9.92. The van der Waals surface area contributed by atoms with Gasteiger partial charge in [-0.1, -0.05) is 11.6 Å². The molecule has 3 heterocycles. The number of aryl methyl sites for hydroxylation is 2. The molecule has 1 unspecified atom stereocenters. The maximum absolute atomic E-state index is 13.0. The van der Waals surface area contributed by atoms with E-state index < -0.39 is 0 Å². The second kappa shape index (κ2) is 7.43. The number of methoxy groups -OCH3 is 1. The van der Waals surface area contributed by atoms with Crippen molar-refractivity contribution in [3.63, 3.8) is 0 Å². The fraction of sp³-hybridized carbons (Fsp3) is 0.381. The van der Waals surface area contributed by atoms with Crippen molar-refractivity contribution in [1.82, 2.24) is 19.7 Å². The minimum atomic E-state index is -0.0756. The fourth-order valence-corrected chi connectivity index (χ4v) is 4.26. The van der Waals surface area contributed by atoms with E-state index in [0.717, 1.165) is 47.2 Å². The van der Waals surface area contributed by atoms with Crippen molar-refractivity contribution in [2.24, 2.45) is 7.05 Å². The molecule has 146 valence electrons. The topological polar surface area (TPSA) is 60.2 Å². The smallest absolute Gasteiger partial charge is 0.273 e. The van der Waals surface area contributed by atoms with Gasteiger partial charge in [-0.15, -0.1) is 0 Å². The molecule has 3 aromatic rings. The molecule has 2 aromatic heterocycles. The lowest BCUT2D eigenvalue weighted by molar-refractivity contribution is 0.0695. The highest BCUT2D eigenvalue weighted by atomic mass is 35.5. The zero-order chi connectivity index (χ0) is 19.8. The zero-order valence-electron chi connectivity index (χ0n) is 16.3. The summed E-state index contributed by atoms with van der Waals surface area (Å²) in [6.07, 6.45) is 5.36. The number of fused-ring (bicyclic) bond motifs is 1. The molecule has 1 atom stereocenters. The standard InChI is InChI=1S/C21H23ClN4O2/c1-13-16-9-18(23-10-14(16)6-7-19(13)28-3)15-5-4-8-26(12-15)21(27)20-17(22)11-24-25(20)2/h6-7,9-11,15H,4-5,8,12H2,1-3H3. The molecule has 7 heteroatoms. The van der Waals surface area contributed by atoms with Crippen LogP contribution in [0.4, 0.5) is 0 Å². The van der Waals surface area contributed by atoms with Crippen LogP contribution in [0.5, 0.6) is 5.75 Å². The van der Waals surface area contributed by atoms with Crippen LogP contribution in [0.15, 0.2) is 30.6 Å². The van der Waals surface area contributed by atoms with Gasteiger partial charge < -0.3 is 9.64 Å². The monoisotopic (exact) mass is 398 g/mol. The van der Waals surface area contributed by atoms with Gasteiger partial charge >= 0.3 is 0 Å². The minimum Gasteiger partial charge on any atom is -0.496 e. The summed E-state index contributed by atoms with van der Waals surface area (Å²) >= 11 is 6.17. The normalized spacial score (nSPS) is 17.1. The van der Waals surface area contributed by atoms with E-state index in [1.807, 2.05) is 23.2 Å². The molecule has 1 aliphatic rings. The van der Waals surface area contributed by atoms with Crippen LogP contribution in [0.3, 0.4) is 0 Å². The predicted molar refractivity (Wildman–Crippen MR) is 109 cm³/mol. The van der Waals surface area contributed by atoms with Crippen molar-refractivity contribution in [3.8, 4) is 5.75 Å². The van der Waals surface area contributed by atoms with E-state index in [9.17, 15) is 4.79 Å². The highest BCUT2D eigenvalue weighted by molar-refractivity contribution is 6.33. The van der Waals surface area contributed by atoms with Crippen molar-refractivity contribution < 1.29 is 9.53 Å². The number of likely N-dealkylation sites (tertiary alicyclic amines) is 1. The quantitative estimate of drug-likeness (QED) is 0.670. The molecule has 28 heavy (non-hydrogen) atoms. The number of nitrogens with zero attached hydrogens (tertiary/aromatic N) is 4. The van der Waals surface area contributed by atoms with E-state index in [4.69, 9.17) is 21.3 Å². The van der Waals surface area contributed by atoms with Crippen LogP contribution in [-0.4, -0.2) is 45.8 Å². The minimum absolute atomic E-state index is 0.0756. The van der Waals surface area contributed by atoms with Gasteiger partial charge in [0.15, 0.2) is 0 Å². The van der Waals surface area contributed by atoms with E-state index in [1.54, 1.807) is 14.2 Å². The number of rotatable bonds is 3. The third-order valence-electron chi connectivity index (χ3n) is 5.59. The van der Waals surface area contributed by atoms with E-state index >= 15 is 0 Å². The SMILES string of the molecule is COc1ccc2cnc(C3CCCN(C(=O)c4c(Cl)cnn4C)C3)cc2c1C. The molecule has 0 N–H and O–H groups in total. The van der Waals surface area contributed by atoms with Gasteiger partial charge in [0.25, 0.3) is 5.91 Å². The number of hydrogen-bond donors (Lipinski definition) is 0. The first-order valence-corrected chi connectivity index (χ1v) is 9.77. The largest absolute Gasteiger partial charge is 0.496 e. The molecule has 0 bridgehead atoms. The van der Waals surface area contributed by atoms with E-state index in [0.29, 0.717) is 17.3 Å². The summed E-state index contributed by atoms with van der Waals surface area (Å²) in [5.41, 5.74) is 2.56. The Labute approximate surface area is 169 Å². The molecular weight excluding hydrogens is 376 g/mol. The van der Waals surface area contributed by atoms with Crippen LogP contribution in [0.1, 0.15) is 40.5 Å². The van der Waals surface area contributed by atoms with Crippen molar-refractivity contribution in [2.45, 2.75) is 25.7 Å². The number of pyridine rings is 1. The van der Waals surface area contributed by atoms with Gasteiger partial charge in [0.2, 0.25) is 0 Å². The summed E-state index contributed by atoms with van der Waals surface area (Å²) in [4.78, 5) is 19.5. The highest BCUT2D eigenvalue weighted by Gasteiger charge is 2.29. The van der Waals surface area contributed by atoms with Gasteiger partial charge in [0, 0.05) is 43.3 Å². The van der Waals surface area contributed by atoms with Crippen LogP contribution >= 0.6 is 11.6 Å². The third-order valence-corrected chi connectivity index (χ3v) is 5.86. The molecule has 1 fully saturated rings. The number of piperidine rings is 1. The molecule has 0 saturated carbocycles. The summed E-state index contributed by atoms with van der Waals surface area (Å²) < 4.78 is 7.00. The molecule has 1 saturated heterocycles. The first-order valence-electron chi connectivity index (χ1n) is 9.39. The Bertz CT molecular complexity index is 1030. The summed E-state index contributed by atoms with van der Waals surface area (Å²) in [5.74, 6) is 0.990. The number of carbonyl (C=O) groups excluding carboxylic acids is 1. The summed E-state index contributed by atoms with van der Waals surface area (Å²) in [6, 6.07) is 6.14. The number of aromatic nitrogens is 3. The Balaban J connectivity index is 1.63. The zero-order valence-corrected chi connectivity index (χ0v) is 17.0. The number of benzene rings is 1. The first kappa shape index (κ1) is 18.7. The Morgan fingerprint density at radius 2 is 2.14 bits per heavy atom. The molecule has 1 aliphatic heterocycles. The number of carbonyl (C=O) groups is 1. The van der Waals surface area contributed by atoms with Gasteiger partial charge in [0.1, 0.15) is 11.4 Å². The second-order valence-corrected chi connectivity index (χ2v) is 7.69. The Morgan fingerprint density at radius 3 is 2.86 bits per heavy atom. The molecule has 1 amide bonds.